The molecule has 1 aliphatic carbocycles. The molecule has 0 bridgehead atoms. The van der Waals surface area contributed by atoms with Crippen molar-refractivity contribution < 1.29 is 47.7 Å². The number of rotatable bonds is 17. The van der Waals surface area contributed by atoms with Gasteiger partial charge in [-0.25, -0.2) is 19.2 Å². The zero-order chi connectivity index (χ0) is 42.5. The Kier molecular flexibility index (Phi) is 17.7. The van der Waals surface area contributed by atoms with Gasteiger partial charge in [-0.05, 0) is 139 Å². The van der Waals surface area contributed by atoms with Crippen LogP contribution in [0.1, 0.15) is 151 Å². The molecule has 14 heteroatoms. The number of nitrogens with one attached hydrogen (secondary N) is 4. The second kappa shape index (κ2) is 20.7. The van der Waals surface area contributed by atoms with E-state index in [2.05, 4.69) is 33.4 Å². The van der Waals surface area contributed by atoms with Crippen LogP contribution in [0.5, 0.6) is 0 Å². The SMILES string of the molecule is CC(C)(C)OC(=O)CC[C@H](NC(=O)N[C@@H](CCCCNC(=O)[C@H](Cc1ccc(C2CCC2)cc1)NC(=O)OC(C)(C)C)C(=O)OC(C)(C)C)C(=O)OC(C)(C)C. The normalized spacial score (nSPS) is 15.2. The zero-order valence-corrected chi connectivity index (χ0v) is 35.8. The minimum atomic E-state index is -1.21. The van der Waals surface area contributed by atoms with Gasteiger partial charge in [0.2, 0.25) is 5.91 Å². The molecule has 1 aliphatic rings. The van der Waals surface area contributed by atoms with Crippen molar-refractivity contribution in [2.45, 2.75) is 187 Å². The van der Waals surface area contributed by atoms with Crippen LogP contribution in [0.25, 0.3) is 0 Å². The quantitative estimate of drug-likeness (QED) is 0.0769. The van der Waals surface area contributed by atoms with Crippen molar-refractivity contribution in [3.8, 4) is 0 Å². The molecule has 2 rings (SSSR count). The van der Waals surface area contributed by atoms with Gasteiger partial charge in [-0.15, -0.1) is 0 Å². The van der Waals surface area contributed by atoms with Crippen molar-refractivity contribution >= 4 is 35.9 Å². The van der Waals surface area contributed by atoms with Crippen LogP contribution < -0.4 is 21.3 Å². The van der Waals surface area contributed by atoms with Crippen molar-refractivity contribution in [3.63, 3.8) is 0 Å². The van der Waals surface area contributed by atoms with Crippen LogP contribution in [0.3, 0.4) is 0 Å². The largest absolute Gasteiger partial charge is 0.460 e. The van der Waals surface area contributed by atoms with E-state index in [9.17, 15) is 28.8 Å². The number of carbonyl (C=O) groups is 6. The zero-order valence-electron chi connectivity index (χ0n) is 35.8. The molecule has 0 aliphatic heterocycles. The molecule has 0 heterocycles. The Morgan fingerprint density at radius 3 is 1.59 bits per heavy atom. The summed E-state index contributed by atoms with van der Waals surface area (Å²) in [6.45, 7) is 20.8. The van der Waals surface area contributed by atoms with E-state index >= 15 is 0 Å². The molecule has 0 radical (unpaired) electrons. The summed E-state index contributed by atoms with van der Waals surface area (Å²) in [5.74, 6) is -1.78. The first-order valence-electron chi connectivity index (χ1n) is 19.8. The third-order valence-electron chi connectivity index (χ3n) is 8.27. The summed E-state index contributed by atoms with van der Waals surface area (Å²) in [6, 6.07) is 4.11. The van der Waals surface area contributed by atoms with Gasteiger partial charge in [0.05, 0.1) is 0 Å². The van der Waals surface area contributed by atoms with Gasteiger partial charge >= 0.3 is 30.0 Å². The Labute approximate surface area is 333 Å². The smallest absolute Gasteiger partial charge is 0.408 e. The molecule has 1 aromatic rings. The number of carbonyl (C=O) groups excluding carboxylic acids is 6. The summed E-state index contributed by atoms with van der Waals surface area (Å²) < 4.78 is 21.8. The van der Waals surface area contributed by atoms with Gasteiger partial charge in [-0.3, -0.25) is 9.59 Å². The number of benzene rings is 1. The van der Waals surface area contributed by atoms with Gasteiger partial charge in [0.15, 0.2) is 0 Å². The monoisotopic (exact) mass is 788 g/mol. The average Bonchev–Trinajstić information content (AvgIpc) is 2.98. The Balaban J connectivity index is 2.07. The third-order valence-corrected chi connectivity index (χ3v) is 8.27. The molecule has 1 aromatic carbocycles. The lowest BCUT2D eigenvalue weighted by Gasteiger charge is -2.27. The van der Waals surface area contributed by atoms with Crippen LogP contribution >= 0.6 is 0 Å². The van der Waals surface area contributed by atoms with E-state index in [4.69, 9.17) is 18.9 Å². The minimum Gasteiger partial charge on any atom is -0.460 e. The average molecular weight is 789 g/mol. The first kappa shape index (κ1) is 47.8. The highest BCUT2D eigenvalue weighted by atomic mass is 16.6. The number of amides is 4. The molecular formula is C42H68N4O10. The van der Waals surface area contributed by atoms with Crippen LogP contribution in [0.15, 0.2) is 24.3 Å². The fraction of sp³-hybridized carbons (Fsp3) is 0.714. The molecule has 56 heavy (non-hydrogen) atoms. The van der Waals surface area contributed by atoms with Crippen LogP contribution in [0.4, 0.5) is 9.59 Å². The minimum absolute atomic E-state index is 0.0936. The van der Waals surface area contributed by atoms with Gasteiger partial charge in [0.25, 0.3) is 0 Å². The van der Waals surface area contributed by atoms with E-state index in [0.717, 1.165) is 5.56 Å². The van der Waals surface area contributed by atoms with Gasteiger partial charge in [0, 0.05) is 19.4 Å². The van der Waals surface area contributed by atoms with E-state index in [1.54, 1.807) is 83.1 Å². The van der Waals surface area contributed by atoms with Gasteiger partial charge in [-0.1, -0.05) is 30.7 Å². The number of ether oxygens (including phenoxy) is 4. The number of hydrogen-bond acceptors (Lipinski definition) is 10. The molecule has 0 saturated heterocycles. The molecular weight excluding hydrogens is 720 g/mol. The topological polar surface area (TPSA) is 187 Å². The molecule has 1 saturated carbocycles. The number of esters is 3. The Bertz CT molecular complexity index is 1480. The summed E-state index contributed by atoms with van der Waals surface area (Å²) in [5.41, 5.74) is -1.01. The first-order chi connectivity index (χ1) is 25.7. The lowest BCUT2D eigenvalue weighted by Crippen LogP contribution is -2.53. The lowest BCUT2D eigenvalue weighted by atomic mass is 9.80. The van der Waals surface area contributed by atoms with Crippen LogP contribution in [0, 0.1) is 0 Å². The maximum Gasteiger partial charge on any atom is 0.408 e. The van der Waals surface area contributed by atoms with E-state index < -0.39 is 70.6 Å². The summed E-state index contributed by atoms with van der Waals surface area (Å²) in [4.78, 5) is 78.1. The highest BCUT2D eigenvalue weighted by molar-refractivity contribution is 5.88. The van der Waals surface area contributed by atoms with Crippen molar-refractivity contribution in [2.24, 2.45) is 0 Å². The fourth-order valence-corrected chi connectivity index (χ4v) is 5.63. The summed E-state index contributed by atoms with van der Waals surface area (Å²) in [6.07, 6.45) is 3.87. The predicted molar refractivity (Wildman–Crippen MR) is 213 cm³/mol. The Morgan fingerprint density at radius 2 is 1.12 bits per heavy atom. The predicted octanol–water partition coefficient (Wildman–Crippen LogP) is 6.52. The second-order valence-corrected chi connectivity index (χ2v) is 18.5. The molecule has 0 aromatic heterocycles. The summed E-state index contributed by atoms with van der Waals surface area (Å²) >= 11 is 0. The fourth-order valence-electron chi connectivity index (χ4n) is 5.63. The van der Waals surface area contributed by atoms with Crippen LogP contribution in [-0.4, -0.2) is 83.0 Å². The molecule has 316 valence electrons. The molecule has 14 nitrogen and oxygen atoms in total. The van der Waals surface area contributed by atoms with Gasteiger partial charge < -0.3 is 40.2 Å². The highest BCUT2D eigenvalue weighted by Gasteiger charge is 2.32. The molecule has 4 N–H and O–H groups in total. The molecule has 0 spiro atoms. The Hall–Kier alpha value is -4.36. The van der Waals surface area contributed by atoms with E-state index in [1.165, 1.54) is 24.8 Å². The van der Waals surface area contributed by atoms with Gasteiger partial charge in [-0.2, -0.15) is 0 Å². The van der Waals surface area contributed by atoms with Gasteiger partial charge in [0.1, 0.15) is 40.5 Å². The van der Waals surface area contributed by atoms with E-state index in [1.807, 2.05) is 12.1 Å². The third kappa shape index (κ3) is 20.0. The second-order valence-electron chi connectivity index (χ2n) is 18.5. The first-order valence-corrected chi connectivity index (χ1v) is 19.8. The molecule has 1 fully saturated rings. The number of alkyl carbamates (subject to hydrolysis) is 1. The van der Waals surface area contributed by atoms with E-state index in [-0.39, 0.29) is 38.1 Å². The maximum atomic E-state index is 13.4. The van der Waals surface area contributed by atoms with E-state index in [0.29, 0.717) is 18.8 Å². The standard InChI is InChI=1S/C42H68N4O10/c1-39(2,3)53-33(47)24-23-31(36(50)55-41(7,8)9)45-37(51)44-30(35(49)54-40(4,5)6)18-13-14-25-43-34(48)32(46-38(52)56-42(10,11)12)26-27-19-21-29(22-20-27)28-16-15-17-28/h19-22,28,30-32H,13-18,23-26H2,1-12H3,(H,43,48)(H,46,52)(H2,44,45,51)/t30-,31-,32-/m0/s1. The van der Waals surface area contributed by atoms with Crippen molar-refractivity contribution in [3.05, 3.63) is 35.4 Å². The number of unbranched alkanes of at least 4 members (excludes halogenated alkanes) is 1. The Morgan fingerprint density at radius 1 is 0.625 bits per heavy atom. The highest BCUT2D eigenvalue weighted by Crippen LogP contribution is 2.36. The number of urea groups is 1. The molecule has 0 unspecified atom stereocenters. The van der Waals surface area contributed by atoms with Crippen molar-refractivity contribution in [2.75, 3.05) is 6.54 Å². The lowest BCUT2D eigenvalue weighted by molar-refractivity contribution is -0.159. The van der Waals surface area contributed by atoms with Crippen LogP contribution in [0.2, 0.25) is 0 Å². The van der Waals surface area contributed by atoms with Crippen molar-refractivity contribution in [1.29, 1.82) is 0 Å². The number of hydrogen-bond donors (Lipinski definition) is 4. The van der Waals surface area contributed by atoms with Crippen LogP contribution in [-0.2, 0) is 44.5 Å². The summed E-state index contributed by atoms with van der Waals surface area (Å²) in [7, 11) is 0. The van der Waals surface area contributed by atoms with Crippen molar-refractivity contribution in [1.82, 2.24) is 21.3 Å². The maximum absolute atomic E-state index is 13.4. The summed E-state index contributed by atoms with van der Waals surface area (Å²) in [5, 5.41) is 10.8. The molecule has 4 amide bonds. The molecule has 3 atom stereocenters.